The predicted molar refractivity (Wildman–Crippen MR) is 87.3 cm³/mol. The first-order valence-corrected chi connectivity index (χ1v) is 7.86. The molecule has 0 amide bonds. The van der Waals surface area contributed by atoms with E-state index in [1.54, 1.807) is 29.3 Å². The van der Waals surface area contributed by atoms with Crippen LogP contribution in [0.3, 0.4) is 0 Å². The second-order valence-corrected chi connectivity index (χ2v) is 6.15. The van der Waals surface area contributed by atoms with Crippen molar-refractivity contribution in [2.45, 2.75) is 19.4 Å². The van der Waals surface area contributed by atoms with E-state index < -0.39 is 5.97 Å². The highest BCUT2D eigenvalue weighted by Crippen LogP contribution is 2.32. The molecule has 0 spiro atoms. The zero-order chi connectivity index (χ0) is 16.7. The summed E-state index contributed by atoms with van der Waals surface area (Å²) in [7, 11) is 1.84. The molecule has 0 unspecified atom stereocenters. The highest BCUT2D eigenvalue weighted by atomic mass is 16.4. The molecule has 0 atom stereocenters. The van der Waals surface area contributed by atoms with Crippen molar-refractivity contribution in [3.8, 4) is 22.6 Å². The van der Waals surface area contributed by atoms with Crippen LogP contribution in [0.4, 0.5) is 0 Å². The van der Waals surface area contributed by atoms with Crippen molar-refractivity contribution in [2.24, 2.45) is 13.0 Å². The fraction of sp³-hybridized carbons (Fsp3) is 0.294. The predicted octanol–water partition coefficient (Wildman–Crippen LogP) is 2.45. The van der Waals surface area contributed by atoms with Gasteiger partial charge in [-0.3, -0.25) is 4.68 Å². The number of nitrogens with zero attached hydrogens (tertiary/aromatic N) is 5. The summed E-state index contributed by atoms with van der Waals surface area (Å²) in [5.41, 5.74) is 2.77. The molecule has 7 nitrogen and oxygen atoms in total. The first-order valence-electron chi connectivity index (χ1n) is 7.86. The maximum Gasteiger partial charge on any atom is 0.352 e. The lowest BCUT2D eigenvalue weighted by molar-refractivity contribution is 0.0684. The molecule has 24 heavy (non-hydrogen) atoms. The Labute approximate surface area is 138 Å². The summed E-state index contributed by atoms with van der Waals surface area (Å²) < 4.78 is 3.54. The molecule has 1 fully saturated rings. The number of aryl methyl sites for hydroxylation is 1. The molecule has 0 aliphatic heterocycles. The van der Waals surface area contributed by atoms with Crippen LogP contribution in [0, 0.1) is 5.92 Å². The standard InChI is InChI=1S/C17H17N5O2/c1-21-14(4-5-20-21)16-18-7-13(8-19-16)12-6-15(17(23)24)22(10-12)9-11-2-3-11/h4-8,10-11H,2-3,9H2,1H3,(H,23,24). The SMILES string of the molecule is Cn1nccc1-c1ncc(-c2cc(C(=O)O)n(CC3CC3)c2)cn1. The summed E-state index contributed by atoms with van der Waals surface area (Å²) in [5, 5.41) is 13.5. The topological polar surface area (TPSA) is 85.8 Å². The van der Waals surface area contributed by atoms with Crippen LogP contribution in [0.2, 0.25) is 0 Å². The Hall–Kier alpha value is -2.96. The summed E-state index contributed by atoms with van der Waals surface area (Å²) in [6.45, 7) is 0.760. The van der Waals surface area contributed by atoms with Crippen molar-refractivity contribution in [2.75, 3.05) is 0 Å². The smallest absolute Gasteiger partial charge is 0.352 e. The van der Waals surface area contributed by atoms with E-state index in [4.69, 9.17) is 0 Å². The van der Waals surface area contributed by atoms with Crippen molar-refractivity contribution in [1.29, 1.82) is 0 Å². The average molecular weight is 323 g/mol. The van der Waals surface area contributed by atoms with Crippen LogP contribution < -0.4 is 0 Å². The van der Waals surface area contributed by atoms with E-state index in [1.165, 1.54) is 12.8 Å². The molecule has 1 aliphatic carbocycles. The number of aromatic nitrogens is 5. The normalized spacial score (nSPS) is 14.0. The lowest BCUT2D eigenvalue weighted by Crippen LogP contribution is -2.08. The lowest BCUT2D eigenvalue weighted by atomic mass is 10.2. The molecule has 0 radical (unpaired) electrons. The van der Waals surface area contributed by atoms with Crippen molar-refractivity contribution in [1.82, 2.24) is 24.3 Å². The van der Waals surface area contributed by atoms with Crippen LogP contribution in [0.5, 0.6) is 0 Å². The van der Waals surface area contributed by atoms with Gasteiger partial charge >= 0.3 is 5.97 Å². The van der Waals surface area contributed by atoms with Gasteiger partial charge in [-0.1, -0.05) is 0 Å². The van der Waals surface area contributed by atoms with Crippen molar-refractivity contribution >= 4 is 5.97 Å². The maximum atomic E-state index is 11.5. The fourth-order valence-electron chi connectivity index (χ4n) is 2.78. The third-order valence-corrected chi connectivity index (χ3v) is 4.30. The summed E-state index contributed by atoms with van der Waals surface area (Å²) in [5.74, 6) is 0.288. The number of rotatable bonds is 5. The van der Waals surface area contributed by atoms with Crippen molar-refractivity contribution in [3.05, 3.63) is 42.6 Å². The van der Waals surface area contributed by atoms with E-state index in [1.807, 2.05) is 23.9 Å². The number of carboxylic acid groups (broad SMARTS) is 1. The van der Waals surface area contributed by atoms with E-state index in [2.05, 4.69) is 15.1 Å². The minimum atomic E-state index is -0.908. The third-order valence-electron chi connectivity index (χ3n) is 4.30. The van der Waals surface area contributed by atoms with Gasteiger partial charge in [0.2, 0.25) is 0 Å². The van der Waals surface area contributed by atoms with Gasteiger partial charge in [-0.2, -0.15) is 5.10 Å². The Morgan fingerprint density at radius 3 is 2.62 bits per heavy atom. The van der Waals surface area contributed by atoms with Gasteiger partial charge in [-0.25, -0.2) is 14.8 Å². The second-order valence-electron chi connectivity index (χ2n) is 6.15. The van der Waals surface area contributed by atoms with E-state index in [9.17, 15) is 9.90 Å². The Kier molecular flexibility index (Phi) is 3.41. The quantitative estimate of drug-likeness (QED) is 0.779. The Balaban J connectivity index is 1.66. The Morgan fingerprint density at radius 2 is 2.04 bits per heavy atom. The zero-order valence-corrected chi connectivity index (χ0v) is 13.3. The minimum Gasteiger partial charge on any atom is -0.477 e. The summed E-state index contributed by atoms with van der Waals surface area (Å²) in [4.78, 5) is 20.2. The molecule has 1 saturated carbocycles. The van der Waals surface area contributed by atoms with Gasteiger partial charge in [0, 0.05) is 49.5 Å². The van der Waals surface area contributed by atoms with Crippen molar-refractivity contribution < 1.29 is 9.90 Å². The van der Waals surface area contributed by atoms with Crippen LogP contribution in [0.15, 0.2) is 36.9 Å². The van der Waals surface area contributed by atoms with Gasteiger partial charge in [0.1, 0.15) is 11.4 Å². The first kappa shape index (κ1) is 14.6. The Morgan fingerprint density at radius 1 is 1.29 bits per heavy atom. The van der Waals surface area contributed by atoms with Crippen LogP contribution in [-0.2, 0) is 13.6 Å². The number of hydrogen-bond donors (Lipinski definition) is 1. The summed E-state index contributed by atoms with van der Waals surface area (Å²) >= 11 is 0. The fourth-order valence-corrected chi connectivity index (χ4v) is 2.78. The van der Waals surface area contributed by atoms with Gasteiger partial charge in [0.05, 0.1) is 0 Å². The minimum absolute atomic E-state index is 0.313. The molecule has 1 aliphatic rings. The molecular weight excluding hydrogens is 306 g/mol. The van der Waals surface area contributed by atoms with E-state index in [-0.39, 0.29) is 0 Å². The maximum absolute atomic E-state index is 11.5. The van der Waals surface area contributed by atoms with E-state index in [0.717, 1.165) is 23.4 Å². The molecular formula is C17H17N5O2. The first-order chi connectivity index (χ1) is 11.6. The molecule has 3 heterocycles. The van der Waals surface area contributed by atoms with E-state index >= 15 is 0 Å². The number of carbonyl (C=O) groups is 1. The number of hydrogen-bond acceptors (Lipinski definition) is 4. The molecule has 7 heteroatoms. The zero-order valence-electron chi connectivity index (χ0n) is 13.3. The van der Waals surface area contributed by atoms with Gasteiger partial charge < -0.3 is 9.67 Å². The molecule has 1 N–H and O–H groups in total. The number of carboxylic acids is 1. The second kappa shape index (κ2) is 5.59. The highest BCUT2D eigenvalue weighted by Gasteiger charge is 2.24. The van der Waals surface area contributed by atoms with Gasteiger partial charge in [-0.15, -0.1) is 0 Å². The third kappa shape index (κ3) is 2.68. The van der Waals surface area contributed by atoms with Gasteiger partial charge in [0.25, 0.3) is 0 Å². The summed E-state index contributed by atoms with van der Waals surface area (Å²) in [6, 6.07) is 3.54. The Bertz CT molecular complexity index is 890. The van der Waals surface area contributed by atoms with Crippen LogP contribution in [0.1, 0.15) is 23.3 Å². The molecule has 3 aromatic heterocycles. The summed E-state index contributed by atoms with van der Waals surface area (Å²) in [6.07, 6.45) is 9.37. The average Bonchev–Trinajstić information content (AvgIpc) is 3.11. The molecule has 0 aromatic carbocycles. The molecule has 3 aromatic rings. The molecule has 4 rings (SSSR count). The largest absolute Gasteiger partial charge is 0.477 e. The van der Waals surface area contributed by atoms with Gasteiger partial charge in [0.15, 0.2) is 5.82 Å². The number of aromatic carboxylic acids is 1. The van der Waals surface area contributed by atoms with Gasteiger partial charge in [-0.05, 0) is 30.9 Å². The lowest BCUT2D eigenvalue weighted by Gasteiger charge is -2.04. The highest BCUT2D eigenvalue weighted by molar-refractivity contribution is 5.88. The monoisotopic (exact) mass is 323 g/mol. The van der Waals surface area contributed by atoms with Crippen LogP contribution >= 0.6 is 0 Å². The van der Waals surface area contributed by atoms with Crippen molar-refractivity contribution in [3.63, 3.8) is 0 Å². The molecule has 0 saturated heterocycles. The van der Waals surface area contributed by atoms with Crippen LogP contribution in [-0.4, -0.2) is 35.4 Å². The molecule has 0 bridgehead atoms. The van der Waals surface area contributed by atoms with E-state index in [0.29, 0.717) is 17.4 Å². The van der Waals surface area contributed by atoms with Crippen LogP contribution in [0.25, 0.3) is 22.6 Å². The molecule has 122 valence electrons.